The molecule has 0 saturated carbocycles. The summed E-state index contributed by atoms with van der Waals surface area (Å²) in [6, 6.07) is -0.799. The van der Waals surface area contributed by atoms with Gasteiger partial charge in [-0.15, -0.1) is 0 Å². The Morgan fingerprint density at radius 1 is 0.425 bits per heavy atom. The van der Waals surface area contributed by atoms with Crippen LogP contribution in [0.4, 0.5) is 0 Å². The largest absolute Gasteiger partial charge is 0.756 e. The molecule has 3 unspecified atom stereocenters. The summed E-state index contributed by atoms with van der Waals surface area (Å²) in [4.78, 5) is 25.7. The molecule has 0 fully saturated rings. The molecule has 0 rings (SSSR count). The molecule has 3 atom stereocenters. The van der Waals surface area contributed by atoms with Crippen molar-refractivity contribution in [3.8, 4) is 0 Å². The molecule has 0 aromatic heterocycles. The maximum Gasteiger partial charge on any atom is 0.268 e. The number of unbranched alkanes of at least 4 members (excludes halogenated alkanes) is 53. The maximum atomic E-state index is 13.1. The number of aliphatic hydroxyl groups is 1. The summed E-state index contributed by atoms with van der Waals surface area (Å²) in [5, 5.41) is 14.1. The lowest BCUT2D eigenvalue weighted by atomic mass is 10.0. The minimum absolute atomic E-state index is 0.0157. The third kappa shape index (κ3) is 64.8. The van der Waals surface area contributed by atoms with E-state index in [2.05, 4.69) is 31.3 Å². The number of nitrogens with zero attached hydrogens (tertiary/aromatic N) is 1. The van der Waals surface area contributed by atoms with Crippen LogP contribution in [0.2, 0.25) is 0 Å². The van der Waals surface area contributed by atoms with Crippen molar-refractivity contribution in [1.82, 2.24) is 5.32 Å². The highest BCUT2D eigenvalue weighted by Gasteiger charge is 2.24. The summed E-state index contributed by atoms with van der Waals surface area (Å²) in [7, 11) is 1.33. The summed E-state index contributed by atoms with van der Waals surface area (Å²) in [6.45, 7) is 4.79. The van der Waals surface area contributed by atoms with Gasteiger partial charge in [0.2, 0.25) is 5.91 Å². The first-order chi connectivity index (χ1) is 39.0. The van der Waals surface area contributed by atoms with Crippen LogP contribution in [0.5, 0.6) is 0 Å². The molecule has 0 aliphatic carbocycles. The van der Waals surface area contributed by atoms with Crippen LogP contribution in [0, 0.1) is 0 Å². The number of carbonyl (C=O) groups excluding carboxylic acids is 1. The molecule has 0 bridgehead atoms. The van der Waals surface area contributed by atoms with Gasteiger partial charge in [-0.1, -0.05) is 353 Å². The van der Waals surface area contributed by atoms with Crippen LogP contribution in [-0.2, 0) is 18.4 Å². The number of amides is 1. The topological polar surface area (TPSA) is 108 Å². The fraction of sp³-hybridized carbons (Fsp3) is 0.958. The van der Waals surface area contributed by atoms with Crippen molar-refractivity contribution < 1.29 is 32.9 Å². The molecule has 80 heavy (non-hydrogen) atoms. The first-order valence-corrected chi connectivity index (χ1v) is 37.5. The average molecular weight is 1150 g/mol. The van der Waals surface area contributed by atoms with Crippen molar-refractivity contribution >= 4 is 13.7 Å². The fourth-order valence-corrected chi connectivity index (χ4v) is 12.1. The van der Waals surface area contributed by atoms with E-state index in [-0.39, 0.29) is 19.1 Å². The Balaban J connectivity index is 3.95. The maximum absolute atomic E-state index is 13.1. The quantitative estimate of drug-likeness (QED) is 0.0272. The van der Waals surface area contributed by atoms with Crippen molar-refractivity contribution in [2.45, 2.75) is 398 Å². The third-order valence-corrected chi connectivity index (χ3v) is 18.0. The molecule has 8 nitrogen and oxygen atoms in total. The predicted molar refractivity (Wildman–Crippen MR) is 349 cm³/mol. The molecular formula is C71H143N2O6P. The van der Waals surface area contributed by atoms with Crippen LogP contribution in [-0.4, -0.2) is 68.5 Å². The lowest BCUT2D eigenvalue weighted by molar-refractivity contribution is -0.870. The van der Waals surface area contributed by atoms with Gasteiger partial charge in [-0.2, -0.15) is 0 Å². The van der Waals surface area contributed by atoms with Gasteiger partial charge in [0.1, 0.15) is 13.2 Å². The van der Waals surface area contributed by atoms with Gasteiger partial charge in [0, 0.05) is 6.42 Å². The van der Waals surface area contributed by atoms with Gasteiger partial charge in [-0.3, -0.25) is 9.36 Å². The van der Waals surface area contributed by atoms with Crippen molar-refractivity contribution in [1.29, 1.82) is 0 Å². The van der Waals surface area contributed by atoms with Gasteiger partial charge < -0.3 is 28.8 Å². The van der Waals surface area contributed by atoms with Crippen LogP contribution < -0.4 is 10.2 Å². The smallest absolute Gasteiger partial charge is 0.268 e. The van der Waals surface area contributed by atoms with Crippen LogP contribution in [0.1, 0.15) is 386 Å². The first-order valence-electron chi connectivity index (χ1n) is 36.0. The SMILES string of the molecule is CCCCCCCCCCCCCCCC/C=C\CCCCCCCCCCCCCCCCCCCC(=O)NC(COP(=O)([O-])OCC[N+](C)(C)C)C(O)CCCCCCCCCCCCCCCCCCCCCCCCC. The number of likely N-dealkylation sites (N-methyl/N-ethyl adjacent to an activating group) is 1. The number of hydrogen-bond donors (Lipinski definition) is 2. The molecular weight excluding hydrogens is 1010 g/mol. The summed E-state index contributed by atoms with van der Waals surface area (Å²) < 4.78 is 23.5. The fourth-order valence-electron chi connectivity index (χ4n) is 11.4. The first kappa shape index (κ1) is 79.2. The summed E-state index contributed by atoms with van der Waals surface area (Å²) in [6.07, 6.45) is 80.2. The third-order valence-electron chi connectivity index (χ3n) is 17.0. The zero-order valence-corrected chi connectivity index (χ0v) is 55.7. The Labute approximate surface area is 501 Å². The number of aliphatic hydroxyl groups excluding tert-OH is 1. The van der Waals surface area contributed by atoms with Crippen molar-refractivity contribution in [2.24, 2.45) is 0 Å². The van der Waals surface area contributed by atoms with E-state index in [0.717, 1.165) is 38.5 Å². The molecule has 0 aliphatic rings. The van der Waals surface area contributed by atoms with Crippen molar-refractivity contribution in [3.63, 3.8) is 0 Å². The number of allylic oxidation sites excluding steroid dienone is 2. The standard InChI is InChI=1S/C71H143N2O6P/c1-6-8-10-12-14-16-18-20-22-24-26-28-30-31-32-33-34-35-36-37-38-39-40-41-43-45-47-49-51-53-55-57-59-61-63-65-71(75)72-69(68-79-80(76,77)78-67-66-73(3,4)5)70(74)64-62-60-58-56-54-52-50-48-46-44-42-29-27-25-23-21-19-17-15-13-11-9-7-2/h33-34,69-70,74H,6-32,35-68H2,1-5H3,(H-,72,75,76,77)/b34-33-. The normalized spacial score (nSPS) is 13.6. The number of quaternary nitrogens is 1. The van der Waals surface area contributed by atoms with Crippen LogP contribution in [0.15, 0.2) is 12.2 Å². The van der Waals surface area contributed by atoms with E-state index in [4.69, 9.17) is 9.05 Å². The number of hydrogen-bond acceptors (Lipinski definition) is 6. The van der Waals surface area contributed by atoms with Crippen LogP contribution >= 0.6 is 7.82 Å². The second kappa shape index (κ2) is 62.8. The van der Waals surface area contributed by atoms with Gasteiger partial charge in [-0.05, 0) is 38.5 Å². The van der Waals surface area contributed by atoms with Gasteiger partial charge in [0.05, 0.1) is 39.9 Å². The Kier molecular flexibility index (Phi) is 62.2. The van der Waals surface area contributed by atoms with E-state index in [1.165, 1.54) is 321 Å². The van der Waals surface area contributed by atoms with Gasteiger partial charge >= 0.3 is 0 Å². The van der Waals surface area contributed by atoms with Crippen molar-refractivity contribution in [3.05, 3.63) is 12.2 Å². The summed E-state index contributed by atoms with van der Waals surface area (Å²) in [5.74, 6) is -0.155. The molecule has 9 heteroatoms. The van der Waals surface area contributed by atoms with Crippen LogP contribution in [0.3, 0.4) is 0 Å². The molecule has 0 spiro atoms. The van der Waals surface area contributed by atoms with E-state index in [1.54, 1.807) is 0 Å². The predicted octanol–water partition coefficient (Wildman–Crippen LogP) is 22.3. The number of phosphoric ester groups is 1. The molecule has 0 aromatic carbocycles. The molecule has 0 saturated heterocycles. The zero-order chi connectivity index (χ0) is 58.4. The molecule has 0 aromatic rings. The lowest BCUT2D eigenvalue weighted by Gasteiger charge is -2.30. The highest BCUT2D eigenvalue weighted by atomic mass is 31.2. The molecule has 478 valence electrons. The summed E-state index contributed by atoms with van der Waals surface area (Å²) >= 11 is 0. The van der Waals surface area contributed by atoms with Gasteiger partial charge in [-0.25, -0.2) is 0 Å². The minimum atomic E-state index is -4.58. The molecule has 2 N–H and O–H groups in total. The van der Waals surface area contributed by atoms with Crippen molar-refractivity contribution in [2.75, 3.05) is 40.9 Å². The molecule has 1 amide bonds. The second-order valence-corrected chi connectivity index (χ2v) is 27.7. The zero-order valence-electron chi connectivity index (χ0n) is 54.8. The van der Waals surface area contributed by atoms with E-state index >= 15 is 0 Å². The Hall–Kier alpha value is -0.760. The van der Waals surface area contributed by atoms with Gasteiger partial charge in [0.25, 0.3) is 7.82 Å². The van der Waals surface area contributed by atoms with E-state index in [9.17, 15) is 19.4 Å². The molecule has 0 aliphatic heterocycles. The summed E-state index contributed by atoms with van der Waals surface area (Å²) in [5.41, 5.74) is 0. The average Bonchev–Trinajstić information content (AvgIpc) is 3.42. The second-order valence-electron chi connectivity index (χ2n) is 26.3. The number of nitrogens with one attached hydrogen (secondary N) is 1. The molecule has 0 heterocycles. The van der Waals surface area contributed by atoms with E-state index in [1.807, 2.05) is 21.1 Å². The Bertz CT molecular complexity index is 1310. The Morgan fingerprint density at radius 3 is 0.975 bits per heavy atom. The van der Waals surface area contributed by atoms with Crippen LogP contribution in [0.25, 0.3) is 0 Å². The van der Waals surface area contributed by atoms with E-state index in [0.29, 0.717) is 23.9 Å². The molecule has 0 radical (unpaired) electrons. The minimum Gasteiger partial charge on any atom is -0.756 e. The number of phosphoric acid groups is 1. The highest BCUT2D eigenvalue weighted by molar-refractivity contribution is 7.45. The number of rotatable bonds is 68. The van der Waals surface area contributed by atoms with Gasteiger partial charge in [0.15, 0.2) is 0 Å². The highest BCUT2D eigenvalue weighted by Crippen LogP contribution is 2.38. The monoisotopic (exact) mass is 1150 g/mol. The Morgan fingerprint density at radius 2 is 0.688 bits per heavy atom. The lowest BCUT2D eigenvalue weighted by Crippen LogP contribution is -2.46. The van der Waals surface area contributed by atoms with E-state index < -0.39 is 20.0 Å². The number of carbonyl (C=O) groups is 1.